The summed E-state index contributed by atoms with van der Waals surface area (Å²) in [6.07, 6.45) is 1.49. The molecular formula is C17H15ClO. The minimum absolute atomic E-state index is 0.264. The fourth-order valence-electron chi connectivity index (χ4n) is 2.81. The molecule has 0 atom stereocenters. The quantitative estimate of drug-likeness (QED) is 0.731. The lowest BCUT2D eigenvalue weighted by atomic mass is 9.93. The van der Waals surface area contributed by atoms with Gasteiger partial charge in [-0.25, -0.2) is 0 Å². The summed E-state index contributed by atoms with van der Waals surface area (Å²) in [6, 6.07) is 10.1. The van der Waals surface area contributed by atoms with Crippen molar-refractivity contribution in [1.29, 1.82) is 0 Å². The minimum Gasteiger partial charge on any atom is -0.294 e. The van der Waals surface area contributed by atoms with Gasteiger partial charge < -0.3 is 0 Å². The van der Waals surface area contributed by atoms with E-state index in [9.17, 15) is 4.79 Å². The second-order valence-corrected chi connectivity index (χ2v) is 5.58. The van der Waals surface area contributed by atoms with Crippen LogP contribution in [0.4, 0.5) is 0 Å². The Morgan fingerprint density at radius 3 is 2.47 bits per heavy atom. The Morgan fingerprint density at radius 2 is 1.68 bits per heavy atom. The minimum atomic E-state index is 0.264. The van der Waals surface area contributed by atoms with Crippen LogP contribution in [0.5, 0.6) is 0 Å². The summed E-state index contributed by atoms with van der Waals surface area (Å²) in [6.45, 7) is 4.08. The molecule has 1 aliphatic carbocycles. The van der Waals surface area contributed by atoms with Crippen molar-refractivity contribution in [1.82, 2.24) is 0 Å². The van der Waals surface area contributed by atoms with Gasteiger partial charge in [0.2, 0.25) is 0 Å². The number of benzene rings is 2. The Balaban J connectivity index is 2.24. The number of ketones is 1. The van der Waals surface area contributed by atoms with Gasteiger partial charge in [0.05, 0.1) is 0 Å². The van der Waals surface area contributed by atoms with Crippen molar-refractivity contribution in [2.24, 2.45) is 0 Å². The number of Topliss-reactive ketones (excluding diaryl/α,β-unsaturated/α-hetero) is 1. The SMILES string of the molecule is Cc1cc(-c2cccc3c2CCC3=O)c(C)cc1Cl. The van der Waals surface area contributed by atoms with Gasteiger partial charge in [0, 0.05) is 17.0 Å². The number of hydrogen-bond acceptors (Lipinski definition) is 1. The van der Waals surface area contributed by atoms with E-state index >= 15 is 0 Å². The molecular weight excluding hydrogens is 256 g/mol. The predicted molar refractivity (Wildman–Crippen MR) is 79.0 cm³/mol. The Kier molecular flexibility index (Phi) is 2.94. The van der Waals surface area contributed by atoms with E-state index in [1.165, 1.54) is 16.7 Å². The lowest BCUT2D eigenvalue weighted by molar-refractivity contribution is 0.0994. The van der Waals surface area contributed by atoms with Crippen LogP contribution in [-0.2, 0) is 6.42 Å². The molecule has 0 unspecified atom stereocenters. The largest absolute Gasteiger partial charge is 0.294 e. The van der Waals surface area contributed by atoms with E-state index in [0.717, 1.165) is 28.1 Å². The molecule has 0 saturated carbocycles. The van der Waals surface area contributed by atoms with Gasteiger partial charge in [0.25, 0.3) is 0 Å². The van der Waals surface area contributed by atoms with Gasteiger partial charge >= 0.3 is 0 Å². The molecule has 2 heteroatoms. The number of fused-ring (bicyclic) bond motifs is 1. The number of aryl methyl sites for hydroxylation is 2. The Labute approximate surface area is 118 Å². The van der Waals surface area contributed by atoms with E-state index < -0.39 is 0 Å². The standard InChI is InChI=1S/C17H15ClO/c1-10-9-16(18)11(2)8-15(10)12-4-3-5-14-13(12)6-7-17(14)19/h3-5,8-9H,6-7H2,1-2H3. The third-order valence-corrected chi connectivity index (χ3v) is 4.28. The highest BCUT2D eigenvalue weighted by molar-refractivity contribution is 6.31. The van der Waals surface area contributed by atoms with Crippen LogP contribution in [0.25, 0.3) is 11.1 Å². The maximum atomic E-state index is 11.8. The van der Waals surface area contributed by atoms with Crippen LogP contribution < -0.4 is 0 Å². The summed E-state index contributed by atoms with van der Waals surface area (Å²) in [5, 5.41) is 0.796. The van der Waals surface area contributed by atoms with Gasteiger partial charge in [-0.05, 0) is 60.2 Å². The van der Waals surface area contributed by atoms with Crippen molar-refractivity contribution in [3.05, 3.63) is 57.6 Å². The van der Waals surface area contributed by atoms with Gasteiger partial charge in [-0.2, -0.15) is 0 Å². The van der Waals surface area contributed by atoms with E-state index in [0.29, 0.717) is 6.42 Å². The van der Waals surface area contributed by atoms with Crippen LogP contribution >= 0.6 is 11.6 Å². The Bertz CT molecular complexity index is 686. The zero-order valence-corrected chi connectivity index (χ0v) is 11.8. The highest BCUT2D eigenvalue weighted by Gasteiger charge is 2.22. The summed E-state index contributed by atoms with van der Waals surface area (Å²) in [5.41, 5.74) is 6.68. The van der Waals surface area contributed by atoms with Crippen molar-refractivity contribution in [3.63, 3.8) is 0 Å². The molecule has 0 saturated heterocycles. The second-order valence-electron chi connectivity index (χ2n) is 5.17. The molecule has 0 fully saturated rings. The third-order valence-electron chi connectivity index (χ3n) is 3.87. The first-order valence-electron chi connectivity index (χ1n) is 6.50. The first-order chi connectivity index (χ1) is 9.08. The molecule has 19 heavy (non-hydrogen) atoms. The first-order valence-corrected chi connectivity index (χ1v) is 6.88. The summed E-state index contributed by atoms with van der Waals surface area (Å²) in [5.74, 6) is 0.264. The number of halogens is 1. The smallest absolute Gasteiger partial charge is 0.163 e. The van der Waals surface area contributed by atoms with E-state index in [4.69, 9.17) is 11.6 Å². The topological polar surface area (TPSA) is 17.1 Å². The van der Waals surface area contributed by atoms with Gasteiger partial charge in [-0.15, -0.1) is 0 Å². The van der Waals surface area contributed by atoms with E-state index in [1.54, 1.807) is 0 Å². The van der Waals surface area contributed by atoms with E-state index in [1.807, 2.05) is 25.1 Å². The van der Waals surface area contributed by atoms with E-state index in [2.05, 4.69) is 19.1 Å². The molecule has 0 aliphatic heterocycles. The molecule has 3 rings (SSSR count). The first kappa shape index (κ1) is 12.4. The number of carbonyl (C=O) groups excluding carboxylic acids is 1. The molecule has 0 bridgehead atoms. The normalized spacial score (nSPS) is 13.7. The third kappa shape index (κ3) is 1.98. The molecule has 0 heterocycles. The number of carbonyl (C=O) groups is 1. The summed E-state index contributed by atoms with van der Waals surface area (Å²) in [4.78, 5) is 11.8. The van der Waals surface area contributed by atoms with Crippen molar-refractivity contribution in [2.75, 3.05) is 0 Å². The van der Waals surface area contributed by atoms with Crippen LogP contribution in [0.15, 0.2) is 30.3 Å². The van der Waals surface area contributed by atoms with Crippen LogP contribution in [0.3, 0.4) is 0 Å². The van der Waals surface area contributed by atoms with Gasteiger partial charge in [0.15, 0.2) is 5.78 Å². The highest BCUT2D eigenvalue weighted by atomic mass is 35.5. The van der Waals surface area contributed by atoms with Gasteiger partial charge in [0.1, 0.15) is 0 Å². The van der Waals surface area contributed by atoms with Crippen LogP contribution in [0, 0.1) is 13.8 Å². The molecule has 0 aromatic heterocycles. The van der Waals surface area contributed by atoms with Crippen molar-refractivity contribution in [2.45, 2.75) is 26.7 Å². The molecule has 1 aliphatic rings. The fourth-order valence-corrected chi connectivity index (χ4v) is 3.03. The summed E-state index contributed by atoms with van der Waals surface area (Å²) < 4.78 is 0. The monoisotopic (exact) mass is 270 g/mol. The van der Waals surface area contributed by atoms with Crippen molar-refractivity contribution in [3.8, 4) is 11.1 Å². The maximum absolute atomic E-state index is 11.8. The molecule has 0 N–H and O–H groups in total. The van der Waals surface area contributed by atoms with Crippen molar-refractivity contribution >= 4 is 17.4 Å². The number of rotatable bonds is 1. The van der Waals surface area contributed by atoms with Crippen LogP contribution in [-0.4, -0.2) is 5.78 Å². The molecule has 0 amide bonds. The maximum Gasteiger partial charge on any atom is 0.163 e. The molecule has 1 nitrogen and oxygen atoms in total. The molecule has 96 valence electrons. The number of hydrogen-bond donors (Lipinski definition) is 0. The van der Waals surface area contributed by atoms with Crippen LogP contribution in [0.2, 0.25) is 5.02 Å². The Hall–Kier alpha value is -1.60. The van der Waals surface area contributed by atoms with Gasteiger partial charge in [-0.3, -0.25) is 4.79 Å². The highest BCUT2D eigenvalue weighted by Crippen LogP contribution is 2.35. The lowest BCUT2D eigenvalue weighted by Crippen LogP contribution is -1.94. The van der Waals surface area contributed by atoms with Crippen LogP contribution in [0.1, 0.15) is 33.5 Å². The summed E-state index contributed by atoms with van der Waals surface area (Å²) >= 11 is 6.16. The average molecular weight is 271 g/mol. The average Bonchev–Trinajstić information content (AvgIpc) is 2.76. The Morgan fingerprint density at radius 1 is 0.947 bits per heavy atom. The molecule has 0 spiro atoms. The predicted octanol–water partition coefficient (Wildman–Crippen LogP) is 4.75. The van der Waals surface area contributed by atoms with Crippen molar-refractivity contribution < 1.29 is 4.79 Å². The van der Waals surface area contributed by atoms with Gasteiger partial charge in [-0.1, -0.05) is 29.8 Å². The molecule has 2 aromatic carbocycles. The second kappa shape index (κ2) is 4.50. The molecule has 2 aromatic rings. The zero-order valence-electron chi connectivity index (χ0n) is 11.1. The zero-order chi connectivity index (χ0) is 13.6. The molecule has 0 radical (unpaired) electrons. The van der Waals surface area contributed by atoms with E-state index in [-0.39, 0.29) is 5.78 Å². The fraction of sp³-hybridized carbons (Fsp3) is 0.235. The lowest BCUT2D eigenvalue weighted by Gasteiger charge is -2.12. The summed E-state index contributed by atoms with van der Waals surface area (Å²) in [7, 11) is 0.